The van der Waals surface area contributed by atoms with E-state index in [0.717, 1.165) is 28.2 Å². The van der Waals surface area contributed by atoms with E-state index in [-0.39, 0.29) is 11.9 Å². The van der Waals surface area contributed by atoms with Crippen molar-refractivity contribution < 1.29 is 9.53 Å². The van der Waals surface area contributed by atoms with Gasteiger partial charge in [0.25, 0.3) is 5.91 Å². The normalized spacial score (nSPS) is 11.6. The van der Waals surface area contributed by atoms with Gasteiger partial charge in [-0.25, -0.2) is 0 Å². The minimum absolute atomic E-state index is 0.0809. The van der Waals surface area contributed by atoms with Crippen molar-refractivity contribution in [3.05, 3.63) is 101 Å². The van der Waals surface area contributed by atoms with Gasteiger partial charge >= 0.3 is 0 Å². The minimum atomic E-state index is -0.228. The van der Waals surface area contributed by atoms with E-state index >= 15 is 0 Å². The van der Waals surface area contributed by atoms with Crippen LogP contribution in [0.4, 0.5) is 0 Å². The SMILES string of the molecule is COc1ccc(C(NC(=O)c2cccc(CSC)c2)c2ccccc2)cc1. The van der Waals surface area contributed by atoms with Crippen LogP contribution in [-0.2, 0) is 5.75 Å². The molecule has 0 fully saturated rings. The monoisotopic (exact) mass is 377 g/mol. The van der Waals surface area contributed by atoms with E-state index in [1.807, 2.05) is 78.9 Å². The van der Waals surface area contributed by atoms with E-state index < -0.39 is 0 Å². The molecule has 0 aliphatic rings. The lowest BCUT2D eigenvalue weighted by molar-refractivity contribution is 0.0943. The molecule has 0 bridgehead atoms. The Morgan fingerprint density at radius 3 is 2.33 bits per heavy atom. The van der Waals surface area contributed by atoms with Crippen LogP contribution in [0.2, 0.25) is 0 Å². The molecule has 3 nitrogen and oxygen atoms in total. The number of ether oxygens (including phenoxy) is 1. The lowest BCUT2D eigenvalue weighted by atomic mass is 9.98. The summed E-state index contributed by atoms with van der Waals surface area (Å²) < 4.78 is 5.25. The summed E-state index contributed by atoms with van der Waals surface area (Å²) in [7, 11) is 1.65. The molecule has 0 radical (unpaired) electrons. The van der Waals surface area contributed by atoms with Crippen LogP contribution >= 0.6 is 11.8 Å². The molecule has 3 aromatic carbocycles. The number of amides is 1. The second-order valence-corrected chi connectivity index (χ2v) is 7.09. The highest BCUT2D eigenvalue weighted by Gasteiger charge is 2.18. The zero-order valence-electron chi connectivity index (χ0n) is 15.5. The summed E-state index contributed by atoms with van der Waals surface area (Å²) in [6.45, 7) is 0. The van der Waals surface area contributed by atoms with Gasteiger partial charge in [0.15, 0.2) is 0 Å². The van der Waals surface area contributed by atoms with Crippen LogP contribution in [0.15, 0.2) is 78.9 Å². The van der Waals surface area contributed by atoms with E-state index in [4.69, 9.17) is 4.74 Å². The van der Waals surface area contributed by atoms with E-state index in [0.29, 0.717) is 5.56 Å². The average molecular weight is 378 g/mol. The van der Waals surface area contributed by atoms with Crippen molar-refractivity contribution in [1.82, 2.24) is 5.32 Å². The Morgan fingerprint density at radius 1 is 0.963 bits per heavy atom. The average Bonchev–Trinajstić information content (AvgIpc) is 2.73. The summed E-state index contributed by atoms with van der Waals surface area (Å²) in [6, 6.07) is 25.4. The Labute approximate surface area is 164 Å². The summed E-state index contributed by atoms with van der Waals surface area (Å²) in [6.07, 6.45) is 2.06. The first-order valence-electron chi connectivity index (χ1n) is 8.79. The van der Waals surface area contributed by atoms with Gasteiger partial charge in [0, 0.05) is 11.3 Å². The molecule has 4 heteroatoms. The van der Waals surface area contributed by atoms with Gasteiger partial charge in [-0.1, -0.05) is 54.6 Å². The highest BCUT2D eigenvalue weighted by atomic mass is 32.2. The molecular formula is C23H23NO2S. The first-order chi connectivity index (χ1) is 13.2. The molecule has 0 saturated carbocycles. The molecule has 0 spiro atoms. The second kappa shape index (κ2) is 9.28. The smallest absolute Gasteiger partial charge is 0.252 e. The summed E-state index contributed by atoms with van der Waals surface area (Å²) in [4.78, 5) is 12.9. The van der Waals surface area contributed by atoms with Crippen molar-refractivity contribution in [1.29, 1.82) is 0 Å². The maximum atomic E-state index is 12.9. The molecule has 138 valence electrons. The first-order valence-corrected chi connectivity index (χ1v) is 10.2. The lowest BCUT2D eigenvalue weighted by Gasteiger charge is -2.20. The fourth-order valence-corrected chi connectivity index (χ4v) is 3.50. The summed E-state index contributed by atoms with van der Waals surface area (Å²) in [5.74, 6) is 1.60. The zero-order chi connectivity index (χ0) is 19.1. The fraction of sp³-hybridized carbons (Fsp3) is 0.174. The Morgan fingerprint density at radius 2 is 1.67 bits per heavy atom. The Kier molecular flexibility index (Phi) is 6.55. The third-order valence-electron chi connectivity index (χ3n) is 4.36. The largest absolute Gasteiger partial charge is 0.497 e. The number of carbonyl (C=O) groups excluding carboxylic acids is 1. The van der Waals surface area contributed by atoms with Gasteiger partial charge in [0.05, 0.1) is 13.2 Å². The number of hydrogen-bond acceptors (Lipinski definition) is 3. The van der Waals surface area contributed by atoms with Crippen LogP contribution in [0, 0.1) is 0 Å². The zero-order valence-corrected chi connectivity index (χ0v) is 16.3. The standard InChI is InChI=1S/C23H23NO2S/c1-26-21-13-11-19(12-14-21)22(18-8-4-3-5-9-18)24-23(25)20-10-6-7-17(15-20)16-27-2/h3-15,22H,16H2,1-2H3,(H,24,25). The van der Waals surface area contributed by atoms with E-state index in [1.165, 1.54) is 0 Å². The molecule has 0 saturated heterocycles. The summed E-state index contributed by atoms with van der Waals surface area (Å²) in [5, 5.41) is 3.19. The van der Waals surface area contributed by atoms with Crippen molar-refractivity contribution >= 4 is 17.7 Å². The number of benzene rings is 3. The maximum absolute atomic E-state index is 12.9. The number of methoxy groups -OCH3 is 1. The molecule has 1 atom stereocenters. The fourth-order valence-electron chi connectivity index (χ4n) is 2.98. The molecule has 3 aromatic rings. The molecule has 0 aliphatic carbocycles. The van der Waals surface area contributed by atoms with Crippen LogP contribution in [0.1, 0.15) is 33.1 Å². The predicted molar refractivity (Wildman–Crippen MR) is 112 cm³/mol. The molecule has 1 amide bonds. The van der Waals surface area contributed by atoms with Crippen molar-refractivity contribution in [3.8, 4) is 5.75 Å². The predicted octanol–water partition coefficient (Wildman–Crippen LogP) is 5.08. The number of thioether (sulfide) groups is 1. The van der Waals surface area contributed by atoms with E-state index in [1.54, 1.807) is 18.9 Å². The molecule has 0 heterocycles. The minimum Gasteiger partial charge on any atom is -0.497 e. The van der Waals surface area contributed by atoms with Gasteiger partial charge in [0.1, 0.15) is 5.75 Å². The summed E-state index contributed by atoms with van der Waals surface area (Å²) >= 11 is 1.74. The Bertz CT molecular complexity index is 878. The number of rotatable bonds is 7. The Balaban J connectivity index is 1.89. The molecule has 3 rings (SSSR count). The van der Waals surface area contributed by atoms with Crippen molar-refractivity contribution in [2.24, 2.45) is 0 Å². The third kappa shape index (κ3) is 4.92. The van der Waals surface area contributed by atoms with E-state index in [9.17, 15) is 4.79 Å². The van der Waals surface area contributed by atoms with Gasteiger partial charge in [-0.05, 0) is 47.2 Å². The molecular weight excluding hydrogens is 354 g/mol. The molecule has 1 unspecified atom stereocenters. The van der Waals surface area contributed by atoms with Gasteiger partial charge < -0.3 is 10.1 Å². The topological polar surface area (TPSA) is 38.3 Å². The van der Waals surface area contributed by atoms with Gasteiger partial charge in [-0.2, -0.15) is 11.8 Å². The number of carbonyl (C=O) groups is 1. The molecule has 0 aliphatic heterocycles. The summed E-state index contributed by atoms with van der Waals surface area (Å²) in [5.41, 5.74) is 3.87. The number of hydrogen-bond donors (Lipinski definition) is 1. The maximum Gasteiger partial charge on any atom is 0.252 e. The molecule has 0 aromatic heterocycles. The molecule has 27 heavy (non-hydrogen) atoms. The van der Waals surface area contributed by atoms with Crippen LogP contribution in [0.3, 0.4) is 0 Å². The third-order valence-corrected chi connectivity index (χ3v) is 4.98. The second-order valence-electron chi connectivity index (χ2n) is 6.22. The highest BCUT2D eigenvalue weighted by Crippen LogP contribution is 2.25. The van der Waals surface area contributed by atoms with E-state index in [2.05, 4.69) is 11.6 Å². The van der Waals surface area contributed by atoms with Crippen molar-refractivity contribution in [2.45, 2.75) is 11.8 Å². The van der Waals surface area contributed by atoms with Crippen molar-refractivity contribution in [2.75, 3.05) is 13.4 Å². The van der Waals surface area contributed by atoms with Crippen molar-refractivity contribution in [3.63, 3.8) is 0 Å². The first kappa shape index (κ1) is 19.1. The van der Waals surface area contributed by atoms with Gasteiger partial charge in [-0.15, -0.1) is 0 Å². The van der Waals surface area contributed by atoms with Crippen LogP contribution in [-0.4, -0.2) is 19.3 Å². The van der Waals surface area contributed by atoms with Gasteiger partial charge in [-0.3, -0.25) is 4.79 Å². The van der Waals surface area contributed by atoms with Crippen LogP contribution in [0.25, 0.3) is 0 Å². The highest BCUT2D eigenvalue weighted by molar-refractivity contribution is 7.97. The van der Waals surface area contributed by atoms with Crippen LogP contribution < -0.4 is 10.1 Å². The number of nitrogens with one attached hydrogen (secondary N) is 1. The molecule has 1 N–H and O–H groups in total. The van der Waals surface area contributed by atoms with Crippen LogP contribution in [0.5, 0.6) is 5.75 Å². The quantitative estimate of drug-likeness (QED) is 0.624. The van der Waals surface area contributed by atoms with Gasteiger partial charge in [0.2, 0.25) is 0 Å². The Hall–Kier alpha value is -2.72. The lowest BCUT2D eigenvalue weighted by Crippen LogP contribution is -2.29.